The van der Waals surface area contributed by atoms with Gasteiger partial charge in [0.25, 0.3) is 0 Å². The van der Waals surface area contributed by atoms with E-state index in [-0.39, 0.29) is 11.5 Å². The molecule has 2 heterocycles. The first kappa shape index (κ1) is 22.4. The molecule has 0 aliphatic carbocycles. The van der Waals surface area contributed by atoms with Gasteiger partial charge >= 0.3 is 5.97 Å². The molecule has 2 rings (SSSR count). The van der Waals surface area contributed by atoms with Crippen molar-refractivity contribution in [2.75, 3.05) is 12.3 Å². The number of aromatic nitrogens is 1. The molecule has 150 valence electrons. The minimum atomic E-state index is -0.506. The second-order valence-corrected chi connectivity index (χ2v) is 11.5. The number of nitrogens with zero attached hydrogens (tertiary/aromatic N) is 1. The third-order valence-electron chi connectivity index (χ3n) is 3.21. The van der Waals surface area contributed by atoms with Crippen LogP contribution >= 0.6 is 34.4 Å². The summed E-state index contributed by atoms with van der Waals surface area (Å²) >= 11 is 4.48. The number of carbonyl (C=O) groups excluding carboxylic acids is 1. The van der Waals surface area contributed by atoms with Gasteiger partial charge in [0.05, 0.1) is 16.7 Å². The van der Waals surface area contributed by atoms with Crippen LogP contribution in [0.15, 0.2) is 21.9 Å². The number of thiazole rings is 1. The number of nitrogens with one attached hydrogen (secondary N) is 1. The van der Waals surface area contributed by atoms with Gasteiger partial charge in [0.15, 0.2) is 4.34 Å². The van der Waals surface area contributed by atoms with Crippen molar-refractivity contribution >= 4 is 40.4 Å². The number of thioether (sulfide) groups is 1. The summed E-state index contributed by atoms with van der Waals surface area (Å²) in [5.41, 5.74) is 0.337. The summed E-state index contributed by atoms with van der Waals surface area (Å²) in [5.74, 6) is 0.280. The SMILES string of the molecule is CC(C)(C)NCC(O)CSc1nc(-c2ccc(C(=O)OC(C)(C)C)s2)cs1. The van der Waals surface area contributed by atoms with E-state index in [0.717, 1.165) is 14.9 Å². The number of aliphatic hydroxyl groups excluding tert-OH is 1. The van der Waals surface area contributed by atoms with E-state index in [1.807, 2.05) is 32.2 Å². The summed E-state index contributed by atoms with van der Waals surface area (Å²) in [5, 5.41) is 15.4. The number of β-amino-alcohol motifs (C(OH)–C–C–N with tert-alkyl or cyclic N) is 1. The summed E-state index contributed by atoms with van der Waals surface area (Å²) in [4.78, 5) is 18.3. The molecule has 1 atom stereocenters. The predicted octanol–water partition coefficient (Wildman–Crippen LogP) is 4.67. The maximum atomic E-state index is 12.2. The maximum Gasteiger partial charge on any atom is 0.348 e. The highest BCUT2D eigenvalue weighted by atomic mass is 32.2. The summed E-state index contributed by atoms with van der Waals surface area (Å²) in [6, 6.07) is 3.68. The Morgan fingerprint density at radius 1 is 1.30 bits per heavy atom. The molecule has 0 fully saturated rings. The Labute approximate surface area is 173 Å². The summed E-state index contributed by atoms with van der Waals surface area (Å²) in [6.45, 7) is 12.4. The average molecular weight is 429 g/mol. The topological polar surface area (TPSA) is 71.5 Å². The minimum Gasteiger partial charge on any atom is -0.456 e. The number of aliphatic hydroxyl groups is 1. The molecule has 0 aliphatic heterocycles. The number of thiophene rings is 1. The largest absolute Gasteiger partial charge is 0.456 e. The smallest absolute Gasteiger partial charge is 0.348 e. The number of esters is 1. The van der Waals surface area contributed by atoms with E-state index in [0.29, 0.717) is 17.2 Å². The van der Waals surface area contributed by atoms with E-state index in [1.165, 1.54) is 11.3 Å². The van der Waals surface area contributed by atoms with Crippen LogP contribution in [0.1, 0.15) is 51.2 Å². The molecular weight excluding hydrogens is 400 g/mol. The van der Waals surface area contributed by atoms with Crippen molar-refractivity contribution in [2.24, 2.45) is 0 Å². The van der Waals surface area contributed by atoms with Crippen LogP contribution in [0, 0.1) is 0 Å². The van der Waals surface area contributed by atoms with E-state index >= 15 is 0 Å². The van der Waals surface area contributed by atoms with Gasteiger partial charge in [-0.25, -0.2) is 9.78 Å². The van der Waals surface area contributed by atoms with Gasteiger partial charge in [-0.2, -0.15) is 0 Å². The average Bonchev–Trinajstić information content (AvgIpc) is 3.17. The lowest BCUT2D eigenvalue weighted by atomic mass is 10.1. The van der Waals surface area contributed by atoms with Gasteiger partial charge < -0.3 is 15.2 Å². The minimum absolute atomic E-state index is 0.00891. The van der Waals surface area contributed by atoms with Crippen LogP contribution in [0.4, 0.5) is 0 Å². The molecule has 0 aliphatic rings. The normalized spacial score (nSPS) is 13.6. The van der Waals surface area contributed by atoms with Crippen LogP contribution < -0.4 is 5.32 Å². The predicted molar refractivity (Wildman–Crippen MR) is 115 cm³/mol. The van der Waals surface area contributed by atoms with Gasteiger partial charge in [-0.1, -0.05) is 11.8 Å². The van der Waals surface area contributed by atoms with Gasteiger partial charge in [-0.15, -0.1) is 22.7 Å². The Balaban J connectivity index is 1.91. The standard InChI is InChI=1S/C19H28N2O3S3/c1-18(2,3)20-9-12(22)10-25-17-21-13(11-26-17)14-7-8-15(27-14)16(23)24-19(4,5)6/h7-8,11-12,20,22H,9-10H2,1-6H3. The third-order valence-corrected chi connectivity index (χ3v) is 6.46. The Morgan fingerprint density at radius 3 is 2.63 bits per heavy atom. The highest BCUT2D eigenvalue weighted by Crippen LogP contribution is 2.33. The molecule has 0 radical (unpaired) electrons. The Kier molecular flexibility index (Phi) is 7.49. The summed E-state index contributed by atoms with van der Waals surface area (Å²) in [7, 11) is 0. The Morgan fingerprint density at radius 2 is 2.00 bits per heavy atom. The lowest BCUT2D eigenvalue weighted by Crippen LogP contribution is -2.41. The second-order valence-electron chi connectivity index (χ2n) is 8.26. The molecule has 2 N–H and O–H groups in total. The first-order valence-electron chi connectivity index (χ1n) is 8.78. The van der Waals surface area contributed by atoms with Crippen LogP contribution in [0.2, 0.25) is 0 Å². The molecule has 2 aromatic heterocycles. The molecule has 0 saturated carbocycles. The highest BCUT2D eigenvalue weighted by Gasteiger charge is 2.20. The van der Waals surface area contributed by atoms with Crippen molar-refractivity contribution in [3.8, 4) is 10.6 Å². The Bertz CT molecular complexity index is 757. The Hall–Kier alpha value is -0.930. The second kappa shape index (κ2) is 9.05. The molecule has 0 spiro atoms. The first-order valence-corrected chi connectivity index (χ1v) is 11.5. The molecule has 0 amide bonds. The van der Waals surface area contributed by atoms with Gasteiger partial charge in [0.2, 0.25) is 0 Å². The third kappa shape index (κ3) is 7.91. The molecule has 27 heavy (non-hydrogen) atoms. The van der Waals surface area contributed by atoms with Crippen molar-refractivity contribution in [1.82, 2.24) is 10.3 Å². The maximum absolute atomic E-state index is 12.2. The quantitative estimate of drug-likeness (QED) is 0.493. The highest BCUT2D eigenvalue weighted by molar-refractivity contribution is 8.01. The van der Waals surface area contributed by atoms with E-state index < -0.39 is 11.7 Å². The van der Waals surface area contributed by atoms with Crippen molar-refractivity contribution in [2.45, 2.75) is 63.1 Å². The van der Waals surface area contributed by atoms with Crippen LogP contribution in [0.5, 0.6) is 0 Å². The van der Waals surface area contributed by atoms with Gasteiger partial charge in [-0.05, 0) is 53.7 Å². The van der Waals surface area contributed by atoms with E-state index in [1.54, 1.807) is 29.2 Å². The lowest BCUT2D eigenvalue weighted by Gasteiger charge is -2.22. The van der Waals surface area contributed by atoms with E-state index in [4.69, 9.17) is 4.74 Å². The summed E-state index contributed by atoms with van der Waals surface area (Å²) in [6.07, 6.45) is -0.429. The molecule has 0 aromatic carbocycles. The number of ether oxygens (including phenoxy) is 1. The van der Waals surface area contributed by atoms with Crippen LogP contribution in [0.25, 0.3) is 10.6 Å². The zero-order chi connectivity index (χ0) is 20.2. The summed E-state index contributed by atoms with van der Waals surface area (Å²) < 4.78 is 6.32. The molecular formula is C19H28N2O3S3. The molecule has 1 unspecified atom stereocenters. The van der Waals surface area contributed by atoms with Gasteiger partial charge in [0, 0.05) is 23.2 Å². The monoisotopic (exact) mass is 428 g/mol. The first-order chi connectivity index (χ1) is 12.4. The lowest BCUT2D eigenvalue weighted by molar-refractivity contribution is 0.00752. The number of rotatable bonds is 7. The van der Waals surface area contributed by atoms with Crippen molar-refractivity contribution in [1.29, 1.82) is 0 Å². The molecule has 0 saturated heterocycles. The van der Waals surface area contributed by atoms with Crippen LogP contribution in [-0.2, 0) is 4.74 Å². The fraction of sp³-hybridized carbons (Fsp3) is 0.579. The molecule has 0 bridgehead atoms. The number of hydrogen-bond donors (Lipinski definition) is 2. The van der Waals surface area contributed by atoms with Crippen molar-refractivity contribution in [3.63, 3.8) is 0 Å². The molecule has 8 heteroatoms. The van der Waals surface area contributed by atoms with Crippen LogP contribution in [0.3, 0.4) is 0 Å². The van der Waals surface area contributed by atoms with Gasteiger partial charge in [0.1, 0.15) is 10.5 Å². The van der Waals surface area contributed by atoms with E-state index in [2.05, 4.69) is 31.1 Å². The van der Waals surface area contributed by atoms with Crippen molar-refractivity contribution in [3.05, 3.63) is 22.4 Å². The zero-order valence-corrected chi connectivity index (χ0v) is 19.1. The zero-order valence-electron chi connectivity index (χ0n) is 16.7. The number of carbonyl (C=O) groups is 1. The molecule has 5 nitrogen and oxygen atoms in total. The van der Waals surface area contributed by atoms with Gasteiger partial charge in [-0.3, -0.25) is 0 Å². The molecule has 2 aromatic rings. The fourth-order valence-corrected chi connectivity index (χ4v) is 4.70. The van der Waals surface area contributed by atoms with Crippen LogP contribution in [-0.4, -0.2) is 45.6 Å². The fourth-order valence-electron chi connectivity index (χ4n) is 2.00. The number of hydrogen-bond acceptors (Lipinski definition) is 8. The van der Waals surface area contributed by atoms with E-state index in [9.17, 15) is 9.90 Å². The van der Waals surface area contributed by atoms with Crippen molar-refractivity contribution < 1.29 is 14.6 Å².